The largest absolute Gasteiger partial charge is 0.490 e. The Hall–Kier alpha value is -3.86. The molecule has 0 N–H and O–H groups in total. The predicted octanol–water partition coefficient (Wildman–Crippen LogP) is 10.1. The fraction of sp³-hybridized carbons (Fsp3) is 0.488. The number of carbonyl (C=O) groups is 2. The van der Waals surface area contributed by atoms with Gasteiger partial charge in [0.2, 0.25) is 0 Å². The van der Waals surface area contributed by atoms with Crippen LogP contribution in [0.25, 0.3) is 10.8 Å². The first-order valence-electron chi connectivity index (χ1n) is 18.1. The third kappa shape index (κ3) is 5.99. The van der Waals surface area contributed by atoms with Crippen molar-refractivity contribution >= 4 is 22.3 Å². The van der Waals surface area contributed by atoms with E-state index in [1.807, 2.05) is 19.1 Å². The normalized spacial score (nSPS) is 21.4. The average molecular weight is 646 g/mol. The van der Waals surface area contributed by atoms with Crippen molar-refractivity contribution in [3.05, 3.63) is 93.8 Å². The van der Waals surface area contributed by atoms with Gasteiger partial charge in [0.15, 0.2) is 23.1 Å². The van der Waals surface area contributed by atoms with E-state index in [9.17, 15) is 9.59 Å². The van der Waals surface area contributed by atoms with Crippen molar-refractivity contribution in [1.82, 2.24) is 4.90 Å². The van der Waals surface area contributed by atoms with Crippen LogP contribution in [0, 0.1) is 17.8 Å². The summed E-state index contributed by atoms with van der Waals surface area (Å²) in [5.74, 6) is 1.29. The molecular weight excluding hydrogens is 594 g/mol. The third-order valence-electron chi connectivity index (χ3n) is 11.1. The number of ketones is 2. The number of hydrogen-bond acceptors (Lipinski definition) is 5. The molecule has 0 atom stereocenters. The van der Waals surface area contributed by atoms with Crippen molar-refractivity contribution in [2.24, 2.45) is 10.8 Å². The van der Waals surface area contributed by atoms with Gasteiger partial charge in [-0.3, -0.25) is 9.59 Å². The number of ether oxygens (including phenoxy) is 2. The Morgan fingerprint density at radius 3 is 2.04 bits per heavy atom. The minimum absolute atomic E-state index is 0.131. The van der Waals surface area contributed by atoms with E-state index in [-0.39, 0.29) is 22.4 Å². The summed E-state index contributed by atoms with van der Waals surface area (Å²) in [6, 6.07) is 19.2. The van der Waals surface area contributed by atoms with Gasteiger partial charge in [0.1, 0.15) is 6.61 Å². The van der Waals surface area contributed by atoms with Crippen LogP contribution in [0.1, 0.15) is 115 Å². The van der Waals surface area contributed by atoms with E-state index < -0.39 is 5.92 Å². The van der Waals surface area contributed by atoms with Crippen LogP contribution in [0.2, 0.25) is 0 Å². The predicted molar refractivity (Wildman–Crippen MR) is 192 cm³/mol. The van der Waals surface area contributed by atoms with Gasteiger partial charge in [0.25, 0.3) is 0 Å². The van der Waals surface area contributed by atoms with E-state index in [2.05, 4.69) is 82.0 Å². The lowest BCUT2D eigenvalue weighted by atomic mass is 9.63. The first kappa shape index (κ1) is 32.7. The molecule has 5 heteroatoms. The van der Waals surface area contributed by atoms with Crippen LogP contribution in [0.5, 0.6) is 11.5 Å². The van der Waals surface area contributed by atoms with Crippen LogP contribution in [-0.2, 0) is 16.2 Å². The van der Waals surface area contributed by atoms with Gasteiger partial charge >= 0.3 is 0 Å². The number of nitrogens with zero attached hydrogens (tertiary/aromatic N) is 1. The molecule has 5 nitrogen and oxygen atoms in total. The molecule has 0 spiro atoms. The molecule has 3 aromatic carbocycles. The molecule has 0 radical (unpaired) electrons. The summed E-state index contributed by atoms with van der Waals surface area (Å²) in [4.78, 5) is 31.3. The van der Waals surface area contributed by atoms with E-state index >= 15 is 0 Å². The van der Waals surface area contributed by atoms with Gasteiger partial charge in [0.05, 0.1) is 6.61 Å². The molecule has 4 aliphatic rings. The summed E-state index contributed by atoms with van der Waals surface area (Å²) in [6.07, 6.45) is 8.54. The summed E-state index contributed by atoms with van der Waals surface area (Å²) in [7, 11) is 0. The maximum atomic E-state index is 14.4. The molecule has 0 bridgehead atoms. The number of benzene rings is 3. The minimum atomic E-state index is -0.393. The second-order valence-corrected chi connectivity index (χ2v) is 16.2. The van der Waals surface area contributed by atoms with Gasteiger partial charge in [0, 0.05) is 52.9 Å². The highest BCUT2D eigenvalue weighted by molar-refractivity contribution is 6.07. The number of hydrogen-bond donors (Lipinski definition) is 0. The van der Waals surface area contributed by atoms with E-state index in [0.717, 1.165) is 48.0 Å². The molecule has 1 fully saturated rings. The fourth-order valence-electron chi connectivity index (χ4n) is 8.99. The van der Waals surface area contributed by atoms with Crippen LogP contribution >= 0.6 is 0 Å². The highest BCUT2D eigenvalue weighted by Gasteiger charge is 2.50. The summed E-state index contributed by atoms with van der Waals surface area (Å²) in [6.45, 7) is 13.9. The quantitative estimate of drug-likeness (QED) is 0.256. The van der Waals surface area contributed by atoms with Crippen molar-refractivity contribution in [1.29, 1.82) is 0 Å². The molecule has 7 rings (SSSR count). The number of Topliss-reactive ketones (excluding diaryl/α,β-unsaturated/α-hetero) is 2. The van der Waals surface area contributed by atoms with Crippen LogP contribution in [0.4, 0.5) is 0 Å². The van der Waals surface area contributed by atoms with E-state index in [0.29, 0.717) is 43.6 Å². The second-order valence-electron chi connectivity index (χ2n) is 16.2. The van der Waals surface area contributed by atoms with Crippen LogP contribution in [0.15, 0.2) is 77.1 Å². The molecule has 48 heavy (non-hydrogen) atoms. The summed E-state index contributed by atoms with van der Waals surface area (Å²) < 4.78 is 12.8. The number of allylic oxidation sites excluding steroid dienone is 4. The molecule has 1 aliphatic heterocycles. The molecule has 1 saturated carbocycles. The molecule has 0 amide bonds. The van der Waals surface area contributed by atoms with Crippen molar-refractivity contribution < 1.29 is 19.1 Å². The monoisotopic (exact) mass is 645 g/mol. The van der Waals surface area contributed by atoms with Crippen molar-refractivity contribution in [2.45, 2.75) is 118 Å². The van der Waals surface area contributed by atoms with Gasteiger partial charge in [-0.15, -0.1) is 0 Å². The zero-order valence-electron chi connectivity index (χ0n) is 29.7. The molecule has 0 saturated heterocycles. The van der Waals surface area contributed by atoms with Gasteiger partial charge in [-0.05, 0) is 84.4 Å². The Morgan fingerprint density at radius 1 is 0.750 bits per heavy atom. The van der Waals surface area contributed by atoms with Crippen molar-refractivity contribution in [3.8, 4) is 11.5 Å². The molecule has 0 aromatic heterocycles. The maximum Gasteiger partial charge on any atom is 0.162 e. The van der Waals surface area contributed by atoms with E-state index in [4.69, 9.17) is 9.47 Å². The van der Waals surface area contributed by atoms with Gasteiger partial charge in [-0.2, -0.15) is 0 Å². The SMILES string of the molecule is CCOc1cc(C2C3=C(CC(C)(C)CC3=O)N(C3CCCCC3)C3=C2C(=O)CC(C)(C)C3)ccc1OCc1c(C)ccc2ccccc12. The Balaban J connectivity index is 1.34. The highest BCUT2D eigenvalue weighted by Crippen LogP contribution is 2.56. The standard InChI is InChI=1S/C43H51NO4/c1-7-47-38-21-29(19-20-37(38)48-26-32-27(2)17-18-28-13-11-12-16-31(28)32)39-40-33(22-42(3,4)24-35(40)45)44(30-14-9-8-10-15-30)34-23-43(5,6)25-36(46)41(34)39/h11-13,16-21,30,39H,7-10,14-15,22-26H2,1-6H3. The zero-order chi connectivity index (χ0) is 33.8. The lowest BCUT2D eigenvalue weighted by Crippen LogP contribution is -2.48. The number of fused-ring (bicyclic) bond motifs is 1. The maximum absolute atomic E-state index is 14.4. The fourth-order valence-corrected chi connectivity index (χ4v) is 8.99. The molecule has 1 heterocycles. The van der Waals surface area contributed by atoms with Gasteiger partial charge < -0.3 is 14.4 Å². The first-order valence-corrected chi connectivity index (χ1v) is 18.1. The Bertz CT molecular complexity index is 1780. The third-order valence-corrected chi connectivity index (χ3v) is 11.1. The van der Waals surface area contributed by atoms with Crippen molar-refractivity contribution in [2.75, 3.05) is 6.61 Å². The topological polar surface area (TPSA) is 55.8 Å². The van der Waals surface area contributed by atoms with Gasteiger partial charge in [-0.1, -0.05) is 89.4 Å². The van der Waals surface area contributed by atoms with Crippen molar-refractivity contribution in [3.63, 3.8) is 0 Å². The summed E-state index contributed by atoms with van der Waals surface area (Å²) in [5.41, 5.74) is 7.04. The molecule has 0 unspecified atom stereocenters. The van der Waals surface area contributed by atoms with E-state index in [1.165, 1.54) is 47.0 Å². The molecular formula is C43H51NO4. The lowest BCUT2D eigenvalue weighted by Gasteiger charge is -2.52. The van der Waals surface area contributed by atoms with Crippen LogP contribution in [0.3, 0.4) is 0 Å². The zero-order valence-corrected chi connectivity index (χ0v) is 29.7. The van der Waals surface area contributed by atoms with Gasteiger partial charge in [-0.25, -0.2) is 0 Å². The molecule has 3 aliphatic carbocycles. The van der Waals surface area contributed by atoms with Crippen LogP contribution in [-0.4, -0.2) is 29.1 Å². The average Bonchev–Trinajstić information content (AvgIpc) is 3.03. The number of rotatable bonds is 7. The first-order chi connectivity index (χ1) is 23.0. The number of carbonyl (C=O) groups excluding carboxylic acids is 2. The minimum Gasteiger partial charge on any atom is -0.490 e. The lowest BCUT2D eigenvalue weighted by molar-refractivity contribution is -0.119. The Kier molecular flexibility index (Phi) is 8.54. The smallest absolute Gasteiger partial charge is 0.162 e. The number of aryl methyl sites for hydroxylation is 1. The second kappa shape index (κ2) is 12.5. The Morgan fingerprint density at radius 2 is 1.40 bits per heavy atom. The van der Waals surface area contributed by atoms with Crippen LogP contribution < -0.4 is 9.47 Å². The highest BCUT2D eigenvalue weighted by atomic mass is 16.5. The molecule has 252 valence electrons. The summed E-state index contributed by atoms with van der Waals surface area (Å²) >= 11 is 0. The summed E-state index contributed by atoms with van der Waals surface area (Å²) in [5, 5.41) is 2.38. The molecule has 3 aromatic rings. The van der Waals surface area contributed by atoms with E-state index in [1.54, 1.807) is 0 Å². The Labute approximate surface area is 286 Å².